The van der Waals surface area contributed by atoms with E-state index in [0.717, 1.165) is 0 Å². The van der Waals surface area contributed by atoms with Crippen LogP contribution in [0.5, 0.6) is 0 Å². The van der Waals surface area contributed by atoms with Crippen LogP contribution >= 0.6 is 0 Å². The zero-order valence-electron chi connectivity index (χ0n) is 18.1. The Labute approximate surface area is 189 Å². The molecule has 0 aromatic rings. The van der Waals surface area contributed by atoms with Gasteiger partial charge in [0, 0.05) is 48.6 Å². The van der Waals surface area contributed by atoms with Gasteiger partial charge in [0.05, 0.1) is 24.4 Å². The molecule has 6 atom stereocenters. The van der Waals surface area contributed by atoms with Crippen molar-refractivity contribution in [2.24, 2.45) is 23.7 Å². The van der Waals surface area contributed by atoms with E-state index >= 15 is 0 Å². The van der Waals surface area contributed by atoms with Gasteiger partial charge in [-0.3, -0.25) is 34.6 Å². The number of nitrogens with one attached hydrogen (secondary N) is 2. The molecule has 0 spiro atoms. The maximum absolute atomic E-state index is 12.4. The van der Waals surface area contributed by atoms with Crippen molar-refractivity contribution < 1.29 is 39.3 Å². The highest BCUT2D eigenvalue weighted by Gasteiger charge is 2.43. The standard InChI is InChI=1S/C19H30N4O10/c24-17(14-5-4-13(23(31)32)9-16(14)19(27)28)20-6-1-7-21-33-10-11-2-3-12(22(29)30)8-15(11)18(25)26/h11-16,21H,1-10H2,(H,20,24)(H,25,26)(H,27,28). The van der Waals surface area contributed by atoms with Crippen molar-refractivity contribution in [3.8, 4) is 0 Å². The van der Waals surface area contributed by atoms with E-state index in [2.05, 4.69) is 10.8 Å². The van der Waals surface area contributed by atoms with E-state index in [1.165, 1.54) is 0 Å². The monoisotopic (exact) mass is 474 g/mol. The molecule has 186 valence electrons. The van der Waals surface area contributed by atoms with E-state index in [1.54, 1.807) is 0 Å². The van der Waals surface area contributed by atoms with Gasteiger partial charge in [0.1, 0.15) is 0 Å². The summed E-state index contributed by atoms with van der Waals surface area (Å²) in [6.45, 7) is 0.662. The first-order chi connectivity index (χ1) is 15.6. The molecule has 2 saturated carbocycles. The number of nitro groups is 2. The number of aliphatic carboxylic acids is 2. The molecule has 0 bridgehead atoms. The highest BCUT2D eigenvalue weighted by Crippen LogP contribution is 2.33. The number of carboxylic acid groups (broad SMARTS) is 2. The topological polar surface area (TPSA) is 211 Å². The zero-order valence-corrected chi connectivity index (χ0v) is 18.1. The van der Waals surface area contributed by atoms with E-state index < -0.39 is 57.5 Å². The molecule has 33 heavy (non-hydrogen) atoms. The smallest absolute Gasteiger partial charge is 0.307 e. The number of hydrogen-bond acceptors (Lipinski definition) is 9. The lowest BCUT2D eigenvalue weighted by Crippen LogP contribution is -2.44. The van der Waals surface area contributed by atoms with E-state index in [4.69, 9.17) is 4.84 Å². The molecule has 2 aliphatic rings. The number of nitrogens with zero attached hydrogens (tertiary/aromatic N) is 2. The molecular formula is C19H30N4O10. The lowest BCUT2D eigenvalue weighted by atomic mass is 9.76. The van der Waals surface area contributed by atoms with Gasteiger partial charge in [-0.1, -0.05) is 0 Å². The highest BCUT2D eigenvalue weighted by atomic mass is 16.6. The van der Waals surface area contributed by atoms with Crippen molar-refractivity contribution in [1.82, 2.24) is 10.8 Å². The molecule has 2 rings (SSSR count). The van der Waals surface area contributed by atoms with Crippen molar-refractivity contribution >= 4 is 17.8 Å². The van der Waals surface area contributed by atoms with Crippen LogP contribution < -0.4 is 10.8 Å². The molecule has 1 amide bonds. The summed E-state index contributed by atoms with van der Waals surface area (Å²) in [5, 5.41) is 43.1. The number of carbonyl (C=O) groups excluding carboxylic acids is 1. The lowest BCUT2D eigenvalue weighted by Gasteiger charge is -2.29. The third kappa shape index (κ3) is 7.60. The van der Waals surface area contributed by atoms with Gasteiger partial charge in [0.15, 0.2) is 0 Å². The molecule has 2 aliphatic carbocycles. The summed E-state index contributed by atoms with van der Waals surface area (Å²) >= 11 is 0. The van der Waals surface area contributed by atoms with E-state index in [1.807, 2.05) is 0 Å². The molecule has 4 N–H and O–H groups in total. The largest absolute Gasteiger partial charge is 0.481 e. The van der Waals surface area contributed by atoms with Crippen molar-refractivity contribution in [2.75, 3.05) is 19.7 Å². The first-order valence-electron chi connectivity index (χ1n) is 11.0. The van der Waals surface area contributed by atoms with Crippen LogP contribution in [0.3, 0.4) is 0 Å². The summed E-state index contributed by atoms with van der Waals surface area (Å²) in [7, 11) is 0. The fraction of sp³-hybridized carbons (Fsp3) is 0.842. The second kappa shape index (κ2) is 12.4. The van der Waals surface area contributed by atoms with E-state index in [-0.39, 0.29) is 44.8 Å². The summed E-state index contributed by atoms with van der Waals surface area (Å²) in [6, 6.07) is -1.80. The first-order valence-corrected chi connectivity index (χ1v) is 11.0. The lowest BCUT2D eigenvalue weighted by molar-refractivity contribution is -0.528. The Kier molecular flexibility index (Phi) is 9.91. The fourth-order valence-electron chi connectivity index (χ4n) is 4.57. The number of hydrogen-bond donors (Lipinski definition) is 4. The van der Waals surface area contributed by atoms with Crippen LogP contribution in [0.4, 0.5) is 0 Å². The maximum atomic E-state index is 12.4. The minimum absolute atomic E-state index is 0.0245. The Morgan fingerprint density at radius 1 is 0.848 bits per heavy atom. The molecular weight excluding hydrogens is 444 g/mol. The molecule has 14 nitrogen and oxygen atoms in total. The number of amides is 1. The Balaban J connectivity index is 1.65. The summed E-state index contributed by atoms with van der Waals surface area (Å²) < 4.78 is 0. The van der Waals surface area contributed by atoms with Gasteiger partial charge in [-0.2, -0.15) is 0 Å². The molecule has 0 heterocycles. The summed E-state index contributed by atoms with van der Waals surface area (Å²) in [6.07, 6.45) is 1.23. The number of hydroxylamine groups is 1. The van der Waals surface area contributed by atoms with E-state index in [0.29, 0.717) is 25.8 Å². The summed E-state index contributed by atoms with van der Waals surface area (Å²) in [5.41, 5.74) is 2.68. The van der Waals surface area contributed by atoms with Crippen LogP contribution in [-0.2, 0) is 19.2 Å². The molecule has 0 aromatic carbocycles. The molecule has 2 fully saturated rings. The fourth-order valence-corrected chi connectivity index (χ4v) is 4.57. The van der Waals surface area contributed by atoms with Gasteiger partial charge in [-0.15, -0.1) is 0 Å². The Morgan fingerprint density at radius 3 is 2.00 bits per heavy atom. The third-order valence-corrected chi connectivity index (χ3v) is 6.51. The number of carbonyl (C=O) groups is 3. The molecule has 0 radical (unpaired) electrons. The van der Waals surface area contributed by atoms with Crippen LogP contribution in [0.15, 0.2) is 0 Å². The average molecular weight is 474 g/mol. The average Bonchev–Trinajstić information content (AvgIpc) is 2.77. The van der Waals surface area contributed by atoms with Gasteiger partial charge in [-0.05, 0) is 25.2 Å². The van der Waals surface area contributed by atoms with E-state index in [9.17, 15) is 44.8 Å². The van der Waals surface area contributed by atoms with Crippen molar-refractivity contribution in [3.63, 3.8) is 0 Å². The third-order valence-electron chi connectivity index (χ3n) is 6.51. The zero-order chi connectivity index (χ0) is 24.5. The molecule has 0 saturated heterocycles. The van der Waals surface area contributed by atoms with Gasteiger partial charge in [0.25, 0.3) is 0 Å². The number of carboxylic acids is 2. The second-order valence-corrected chi connectivity index (χ2v) is 8.61. The minimum Gasteiger partial charge on any atom is -0.481 e. The predicted octanol–water partition coefficient (Wildman–Crippen LogP) is 0.306. The van der Waals surface area contributed by atoms with Crippen LogP contribution in [0.1, 0.15) is 44.9 Å². The Bertz CT molecular complexity index is 748. The summed E-state index contributed by atoms with van der Waals surface area (Å²) in [4.78, 5) is 61.4. The van der Waals surface area contributed by atoms with Crippen LogP contribution in [0, 0.1) is 43.9 Å². The van der Waals surface area contributed by atoms with Gasteiger partial charge >= 0.3 is 11.9 Å². The molecule has 0 aromatic heterocycles. The normalized spacial score (nSPS) is 29.7. The number of rotatable bonds is 12. The highest BCUT2D eigenvalue weighted by molar-refractivity contribution is 5.84. The Morgan fingerprint density at radius 2 is 1.42 bits per heavy atom. The maximum Gasteiger partial charge on any atom is 0.307 e. The summed E-state index contributed by atoms with van der Waals surface area (Å²) in [5.74, 6) is -5.84. The SMILES string of the molecule is O=C(O)C1CC([N+](=O)[O-])CCC1CONCCCNC(=O)C1CCC([N+](=O)[O-])CC1C(=O)O. The Hall–Kier alpha value is -2.87. The second-order valence-electron chi connectivity index (χ2n) is 8.61. The molecule has 14 heteroatoms. The minimum atomic E-state index is -1.22. The van der Waals surface area contributed by atoms with Crippen LogP contribution in [0.2, 0.25) is 0 Å². The predicted molar refractivity (Wildman–Crippen MR) is 110 cm³/mol. The van der Waals surface area contributed by atoms with Crippen LogP contribution in [0.25, 0.3) is 0 Å². The van der Waals surface area contributed by atoms with Crippen molar-refractivity contribution in [1.29, 1.82) is 0 Å². The van der Waals surface area contributed by atoms with Crippen LogP contribution in [-0.4, -0.2) is 69.7 Å². The van der Waals surface area contributed by atoms with Crippen molar-refractivity contribution in [2.45, 2.75) is 57.0 Å². The van der Waals surface area contributed by atoms with Gasteiger partial charge in [0.2, 0.25) is 18.0 Å². The molecule has 0 aliphatic heterocycles. The van der Waals surface area contributed by atoms with Gasteiger partial charge in [-0.25, -0.2) is 5.48 Å². The first kappa shape index (κ1) is 26.4. The van der Waals surface area contributed by atoms with Gasteiger partial charge < -0.3 is 20.4 Å². The molecule has 6 unspecified atom stereocenters. The van der Waals surface area contributed by atoms with Crippen molar-refractivity contribution in [3.05, 3.63) is 20.2 Å². The quantitative estimate of drug-likeness (QED) is 0.172.